The molecule has 8 heavy (non-hydrogen) atoms. The number of nitrogens with two attached hydrogens (primary N) is 1. The van der Waals surface area contributed by atoms with Crippen LogP contribution in [0, 0.1) is 0 Å². The molecule has 0 aliphatic heterocycles. The molecule has 0 rings (SSSR count). The molecule has 0 aromatic heterocycles. The van der Waals surface area contributed by atoms with Crippen LogP contribution < -0.4 is 5.73 Å². The highest BCUT2D eigenvalue weighted by molar-refractivity contribution is 5.11. The van der Waals surface area contributed by atoms with Crippen LogP contribution in [0.5, 0.6) is 0 Å². The van der Waals surface area contributed by atoms with Crippen LogP contribution in [0.4, 0.5) is 0 Å². The maximum absolute atomic E-state index is 5.31. The zero-order valence-electron chi connectivity index (χ0n) is 5.09. The summed E-state index contributed by atoms with van der Waals surface area (Å²) in [5.41, 5.74) is 6.12. The van der Waals surface area contributed by atoms with Gasteiger partial charge in [0.15, 0.2) is 0 Å². The van der Waals surface area contributed by atoms with Crippen molar-refractivity contribution in [1.29, 1.82) is 0 Å². The molecular formula is C7H11N. The van der Waals surface area contributed by atoms with E-state index in [0.717, 1.165) is 5.70 Å². The summed E-state index contributed by atoms with van der Waals surface area (Å²) >= 11 is 0. The van der Waals surface area contributed by atoms with Crippen LogP contribution in [0.3, 0.4) is 0 Å². The Morgan fingerprint density at radius 3 is 2.50 bits per heavy atom. The van der Waals surface area contributed by atoms with Crippen molar-refractivity contribution in [3.05, 3.63) is 36.6 Å². The van der Waals surface area contributed by atoms with E-state index in [1.165, 1.54) is 0 Å². The van der Waals surface area contributed by atoms with Crippen LogP contribution in [0.15, 0.2) is 36.6 Å². The van der Waals surface area contributed by atoms with Crippen molar-refractivity contribution in [2.75, 3.05) is 0 Å². The van der Waals surface area contributed by atoms with Gasteiger partial charge >= 0.3 is 0 Å². The Hall–Kier alpha value is -0.980. The predicted octanol–water partition coefficient (Wildman–Crippen LogP) is 1.59. The van der Waals surface area contributed by atoms with Crippen LogP contribution in [0.2, 0.25) is 0 Å². The van der Waals surface area contributed by atoms with Gasteiger partial charge in [0.1, 0.15) is 0 Å². The minimum atomic E-state index is 0.808. The summed E-state index contributed by atoms with van der Waals surface area (Å²) in [5.74, 6) is 0. The second-order valence-corrected chi connectivity index (χ2v) is 1.53. The fourth-order valence-electron chi connectivity index (χ4n) is 0.286. The summed E-state index contributed by atoms with van der Waals surface area (Å²) in [6.07, 6.45) is 7.21. The molecule has 0 aliphatic carbocycles. The molecule has 0 radical (unpaired) electrons. The summed E-state index contributed by atoms with van der Waals surface area (Å²) in [6, 6.07) is 0. The Labute approximate surface area is 50.2 Å². The van der Waals surface area contributed by atoms with Gasteiger partial charge in [-0.15, -0.1) is 0 Å². The molecule has 1 nitrogen and oxygen atoms in total. The van der Waals surface area contributed by atoms with Gasteiger partial charge in [0.2, 0.25) is 0 Å². The summed E-state index contributed by atoms with van der Waals surface area (Å²) in [7, 11) is 0. The van der Waals surface area contributed by atoms with Crippen molar-refractivity contribution in [2.45, 2.75) is 6.92 Å². The lowest BCUT2D eigenvalue weighted by Gasteiger charge is -1.80. The molecular weight excluding hydrogens is 98.1 g/mol. The van der Waals surface area contributed by atoms with Crippen molar-refractivity contribution in [3.8, 4) is 0 Å². The highest BCUT2D eigenvalue weighted by Crippen LogP contribution is 1.80. The SMILES string of the molecule is C=C/C=C/C=C(\C)N. The Morgan fingerprint density at radius 2 is 2.12 bits per heavy atom. The van der Waals surface area contributed by atoms with Crippen molar-refractivity contribution in [3.63, 3.8) is 0 Å². The molecule has 0 fully saturated rings. The zero-order chi connectivity index (χ0) is 6.41. The lowest BCUT2D eigenvalue weighted by atomic mass is 10.4. The van der Waals surface area contributed by atoms with Gasteiger partial charge in [0.05, 0.1) is 0 Å². The maximum atomic E-state index is 5.31. The molecule has 0 amide bonds. The molecule has 2 N–H and O–H groups in total. The molecule has 0 saturated heterocycles. The Balaban J connectivity index is 3.57. The first kappa shape index (κ1) is 7.02. The monoisotopic (exact) mass is 109 g/mol. The molecule has 0 aromatic rings. The van der Waals surface area contributed by atoms with E-state index in [-0.39, 0.29) is 0 Å². The fourth-order valence-corrected chi connectivity index (χ4v) is 0.286. The quantitative estimate of drug-likeness (QED) is 0.535. The van der Waals surface area contributed by atoms with Crippen LogP contribution in [0.25, 0.3) is 0 Å². The minimum absolute atomic E-state index is 0.808. The van der Waals surface area contributed by atoms with Gasteiger partial charge < -0.3 is 5.73 Å². The molecule has 0 unspecified atom stereocenters. The number of hydrogen-bond donors (Lipinski definition) is 1. The van der Waals surface area contributed by atoms with Crippen molar-refractivity contribution < 1.29 is 0 Å². The molecule has 0 heterocycles. The van der Waals surface area contributed by atoms with Gasteiger partial charge in [-0.2, -0.15) is 0 Å². The highest BCUT2D eigenvalue weighted by Gasteiger charge is 1.66. The van der Waals surface area contributed by atoms with Crippen LogP contribution >= 0.6 is 0 Å². The normalized spacial score (nSPS) is 12.4. The first-order chi connectivity index (χ1) is 3.77. The average Bonchev–Trinajstić information content (AvgIpc) is 1.66. The molecule has 0 spiro atoms. The second kappa shape index (κ2) is 4.19. The lowest BCUT2D eigenvalue weighted by Crippen LogP contribution is -1.87. The van der Waals surface area contributed by atoms with Gasteiger partial charge in [0, 0.05) is 5.70 Å². The van der Waals surface area contributed by atoms with E-state index in [4.69, 9.17) is 5.73 Å². The fraction of sp³-hybridized carbons (Fsp3) is 0.143. The molecule has 0 saturated carbocycles. The van der Waals surface area contributed by atoms with Gasteiger partial charge in [-0.25, -0.2) is 0 Å². The van der Waals surface area contributed by atoms with Crippen molar-refractivity contribution in [2.24, 2.45) is 5.73 Å². The third-order valence-electron chi connectivity index (χ3n) is 0.606. The number of hydrogen-bond acceptors (Lipinski definition) is 1. The van der Waals surface area contributed by atoms with Crippen LogP contribution in [-0.2, 0) is 0 Å². The van der Waals surface area contributed by atoms with Gasteiger partial charge in [-0.1, -0.05) is 24.8 Å². The summed E-state index contributed by atoms with van der Waals surface area (Å²) < 4.78 is 0. The second-order valence-electron chi connectivity index (χ2n) is 1.53. The zero-order valence-corrected chi connectivity index (χ0v) is 5.09. The molecule has 0 aromatic carbocycles. The summed E-state index contributed by atoms with van der Waals surface area (Å²) in [5, 5.41) is 0. The lowest BCUT2D eigenvalue weighted by molar-refractivity contribution is 1.32. The predicted molar refractivity (Wildman–Crippen MR) is 37.3 cm³/mol. The number of rotatable bonds is 2. The smallest absolute Gasteiger partial charge is 0.00488 e. The standard InChI is InChI=1S/C7H11N/c1-3-4-5-6-7(2)8/h3-6H,1,8H2,2H3/b5-4+,7-6+. The number of allylic oxidation sites excluding steroid dienone is 5. The Morgan fingerprint density at radius 1 is 1.50 bits per heavy atom. The first-order valence-electron chi connectivity index (χ1n) is 2.49. The van der Waals surface area contributed by atoms with E-state index in [1.807, 2.05) is 25.2 Å². The van der Waals surface area contributed by atoms with E-state index in [9.17, 15) is 0 Å². The Kier molecular flexibility index (Phi) is 3.67. The largest absolute Gasteiger partial charge is 0.402 e. The van der Waals surface area contributed by atoms with Gasteiger partial charge in [-0.05, 0) is 13.0 Å². The average molecular weight is 109 g/mol. The van der Waals surface area contributed by atoms with E-state index in [2.05, 4.69) is 6.58 Å². The molecule has 1 heteroatoms. The van der Waals surface area contributed by atoms with Gasteiger partial charge in [0.25, 0.3) is 0 Å². The van der Waals surface area contributed by atoms with E-state index < -0.39 is 0 Å². The first-order valence-corrected chi connectivity index (χ1v) is 2.49. The van der Waals surface area contributed by atoms with Crippen molar-refractivity contribution in [1.82, 2.24) is 0 Å². The van der Waals surface area contributed by atoms with Crippen LogP contribution in [0.1, 0.15) is 6.92 Å². The van der Waals surface area contributed by atoms with E-state index in [0.29, 0.717) is 0 Å². The minimum Gasteiger partial charge on any atom is -0.402 e. The van der Waals surface area contributed by atoms with Crippen molar-refractivity contribution >= 4 is 0 Å². The molecule has 0 atom stereocenters. The topological polar surface area (TPSA) is 26.0 Å². The molecule has 0 bridgehead atoms. The van der Waals surface area contributed by atoms with E-state index >= 15 is 0 Å². The van der Waals surface area contributed by atoms with Crippen LogP contribution in [-0.4, -0.2) is 0 Å². The summed E-state index contributed by atoms with van der Waals surface area (Å²) in [6.45, 7) is 5.34. The highest BCUT2D eigenvalue weighted by atomic mass is 14.5. The van der Waals surface area contributed by atoms with Gasteiger partial charge in [-0.3, -0.25) is 0 Å². The summed E-state index contributed by atoms with van der Waals surface area (Å²) in [4.78, 5) is 0. The third-order valence-corrected chi connectivity index (χ3v) is 0.606. The van der Waals surface area contributed by atoms with E-state index in [1.54, 1.807) is 6.08 Å². The third kappa shape index (κ3) is 5.02. The molecule has 0 aliphatic rings. The maximum Gasteiger partial charge on any atom is 0.00488 e. The molecule has 44 valence electrons. The Bertz CT molecular complexity index is 116.